The second kappa shape index (κ2) is 4.49. The minimum atomic E-state index is -0.270. The molecule has 1 aliphatic carbocycles. The zero-order valence-corrected chi connectivity index (χ0v) is 10.6. The Morgan fingerprint density at radius 2 is 2.00 bits per heavy atom. The van der Waals surface area contributed by atoms with Crippen LogP contribution < -0.4 is 16.6 Å². The van der Waals surface area contributed by atoms with Gasteiger partial charge in [0.1, 0.15) is 0 Å². The van der Waals surface area contributed by atoms with E-state index >= 15 is 0 Å². The van der Waals surface area contributed by atoms with Gasteiger partial charge in [-0.05, 0) is 25.7 Å². The Morgan fingerprint density at radius 3 is 2.59 bits per heavy atom. The second-order valence-electron chi connectivity index (χ2n) is 4.88. The summed E-state index contributed by atoms with van der Waals surface area (Å²) in [6, 6.07) is 1.97. The molecule has 2 rings (SSSR count). The fourth-order valence-electron chi connectivity index (χ4n) is 1.98. The van der Waals surface area contributed by atoms with Crippen LogP contribution in [0.1, 0.15) is 25.5 Å². The Morgan fingerprint density at radius 1 is 1.35 bits per heavy atom. The topological polar surface area (TPSA) is 56.0 Å². The molecular formula is C12H19N3O2. The first-order chi connectivity index (χ1) is 8.00. The van der Waals surface area contributed by atoms with Crippen molar-refractivity contribution >= 4 is 0 Å². The van der Waals surface area contributed by atoms with Crippen molar-refractivity contribution in [2.45, 2.75) is 32.4 Å². The van der Waals surface area contributed by atoms with Crippen LogP contribution in [0.4, 0.5) is 0 Å². The third kappa shape index (κ3) is 2.49. The Kier molecular flexibility index (Phi) is 3.19. The molecule has 0 aliphatic heterocycles. The molecule has 94 valence electrons. The molecule has 0 radical (unpaired) electrons. The zero-order valence-electron chi connectivity index (χ0n) is 10.6. The Balaban J connectivity index is 2.15. The van der Waals surface area contributed by atoms with E-state index in [4.69, 9.17) is 0 Å². The number of aromatic nitrogens is 2. The highest BCUT2D eigenvalue weighted by atomic mass is 16.2. The third-order valence-electron chi connectivity index (χ3n) is 3.56. The quantitative estimate of drug-likeness (QED) is 0.800. The predicted octanol–water partition coefficient (Wildman–Crippen LogP) is -0.0279. The van der Waals surface area contributed by atoms with Gasteiger partial charge in [-0.25, -0.2) is 4.79 Å². The van der Waals surface area contributed by atoms with Crippen molar-refractivity contribution in [2.75, 3.05) is 0 Å². The normalized spacial score (nSPS) is 17.1. The maximum atomic E-state index is 11.7. The third-order valence-corrected chi connectivity index (χ3v) is 3.56. The Labute approximate surface area is 100 Å². The maximum absolute atomic E-state index is 11.7. The average molecular weight is 237 g/mol. The smallest absolute Gasteiger partial charge is 0.308 e. The van der Waals surface area contributed by atoms with Crippen LogP contribution in [-0.4, -0.2) is 15.2 Å². The average Bonchev–Trinajstić information content (AvgIpc) is 3.13. The van der Waals surface area contributed by atoms with E-state index < -0.39 is 0 Å². The van der Waals surface area contributed by atoms with Crippen LogP contribution in [0.5, 0.6) is 0 Å². The van der Waals surface area contributed by atoms with E-state index in [1.165, 1.54) is 30.5 Å². The largest absolute Gasteiger partial charge is 0.330 e. The summed E-state index contributed by atoms with van der Waals surface area (Å²) in [5, 5.41) is 3.37. The van der Waals surface area contributed by atoms with Crippen molar-refractivity contribution in [2.24, 2.45) is 20.0 Å². The van der Waals surface area contributed by atoms with Gasteiger partial charge in [0.05, 0.1) is 0 Å². The van der Waals surface area contributed by atoms with Gasteiger partial charge in [-0.3, -0.25) is 13.9 Å². The molecule has 1 aromatic rings. The lowest BCUT2D eigenvalue weighted by Crippen LogP contribution is -2.40. The molecule has 1 heterocycles. The summed E-state index contributed by atoms with van der Waals surface area (Å²) >= 11 is 0. The van der Waals surface area contributed by atoms with Crippen molar-refractivity contribution in [1.82, 2.24) is 14.5 Å². The highest BCUT2D eigenvalue weighted by Gasteiger charge is 2.27. The predicted molar refractivity (Wildman–Crippen MR) is 65.9 cm³/mol. The molecule has 0 bridgehead atoms. The van der Waals surface area contributed by atoms with Crippen molar-refractivity contribution in [1.29, 1.82) is 0 Å². The van der Waals surface area contributed by atoms with Crippen molar-refractivity contribution in [3.8, 4) is 0 Å². The van der Waals surface area contributed by atoms with E-state index in [0.717, 1.165) is 16.2 Å². The highest BCUT2D eigenvalue weighted by molar-refractivity contribution is 5.02. The second-order valence-corrected chi connectivity index (χ2v) is 4.88. The molecule has 0 saturated heterocycles. The fraction of sp³-hybridized carbons (Fsp3) is 0.667. The molecular weight excluding hydrogens is 218 g/mol. The molecule has 17 heavy (non-hydrogen) atoms. The molecule has 1 N–H and O–H groups in total. The molecule has 0 spiro atoms. The van der Waals surface area contributed by atoms with Gasteiger partial charge in [0.2, 0.25) is 0 Å². The number of nitrogens with one attached hydrogen (secondary N) is 1. The lowest BCUT2D eigenvalue weighted by atomic mass is 10.2. The number of hydrogen-bond donors (Lipinski definition) is 1. The molecule has 5 heteroatoms. The number of nitrogens with zero attached hydrogens (tertiary/aromatic N) is 2. The summed E-state index contributed by atoms with van der Waals surface area (Å²) in [4.78, 5) is 23.2. The van der Waals surface area contributed by atoms with Crippen LogP contribution in [-0.2, 0) is 20.6 Å². The summed E-state index contributed by atoms with van der Waals surface area (Å²) in [6.45, 7) is 2.72. The Bertz CT molecular complexity index is 526. The van der Waals surface area contributed by atoms with Crippen molar-refractivity contribution in [3.63, 3.8) is 0 Å². The van der Waals surface area contributed by atoms with Crippen LogP contribution in [0.15, 0.2) is 15.7 Å². The van der Waals surface area contributed by atoms with E-state index in [2.05, 4.69) is 12.2 Å². The Hall–Kier alpha value is -1.36. The first-order valence-electron chi connectivity index (χ1n) is 6.00. The van der Waals surface area contributed by atoms with Crippen molar-refractivity contribution in [3.05, 3.63) is 32.6 Å². The molecule has 1 fully saturated rings. The van der Waals surface area contributed by atoms with Crippen LogP contribution in [0.25, 0.3) is 0 Å². The molecule has 1 saturated carbocycles. The van der Waals surface area contributed by atoms with E-state index in [-0.39, 0.29) is 11.2 Å². The fourth-order valence-corrected chi connectivity index (χ4v) is 1.98. The lowest BCUT2D eigenvalue weighted by molar-refractivity contribution is 0.480. The molecule has 1 aliphatic rings. The number of rotatable bonds is 4. The van der Waals surface area contributed by atoms with Crippen molar-refractivity contribution < 1.29 is 0 Å². The summed E-state index contributed by atoms with van der Waals surface area (Å²) in [5.74, 6) is 0.763. The van der Waals surface area contributed by atoms with E-state index in [1.54, 1.807) is 7.05 Å². The van der Waals surface area contributed by atoms with Crippen LogP contribution in [0.3, 0.4) is 0 Å². The van der Waals surface area contributed by atoms with Gasteiger partial charge < -0.3 is 5.32 Å². The summed E-state index contributed by atoms with van der Waals surface area (Å²) < 4.78 is 2.64. The molecule has 1 unspecified atom stereocenters. The van der Waals surface area contributed by atoms with E-state index in [9.17, 15) is 9.59 Å². The monoisotopic (exact) mass is 237 g/mol. The standard InChI is InChI=1S/C12H19N3O2/c1-8(9-4-5-9)13-7-10-6-11(16)15(3)12(17)14(10)2/h6,8-9,13H,4-5,7H2,1-3H3. The maximum Gasteiger partial charge on any atom is 0.330 e. The first-order valence-corrected chi connectivity index (χ1v) is 6.00. The number of hydrogen-bond acceptors (Lipinski definition) is 3. The summed E-state index contributed by atoms with van der Waals surface area (Å²) in [5.41, 5.74) is 0.225. The van der Waals surface area contributed by atoms with Crippen LogP contribution >= 0.6 is 0 Å². The zero-order chi connectivity index (χ0) is 12.6. The molecule has 1 atom stereocenters. The first kappa shape index (κ1) is 12.1. The van der Waals surface area contributed by atoms with Gasteiger partial charge in [0.25, 0.3) is 5.56 Å². The SMILES string of the molecule is CC(NCc1cc(=O)n(C)c(=O)n1C)C1CC1. The molecule has 1 aromatic heterocycles. The molecule has 5 nitrogen and oxygen atoms in total. The van der Waals surface area contributed by atoms with E-state index in [0.29, 0.717) is 12.6 Å². The van der Waals surface area contributed by atoms with Gasteiger partial charge in [-0.15, -0.1) is 0 Å². The molecule has 0 aromatic carbocycles. The highest BCUT2D eigenvalue weighted by Crippen LogP contribution is 2.32. The van der Waals surface area contributed by atoms with Gasteiger partial charge in [0, 0.05) is 38.4 Å². The van der Waals surface area contributed by atoms with Gasteiger partial charge >= 0.3 is 5.69 Å². The summed E-state index contributed by atoms with van der Waals surface area (Å²) in [6.07, 6.45) is 2.56. The summed E-state index contributed by atoms with van der Waals surface area (Å²) in [7, 11) is 3.19. The van der Waals surface area contributed by atoms with Gasteiger partial charge in [-0.1, -0.05) is 0 Å². The molecule has 0 amide bonds. The van der Waals surface area contributed by atoms with Crippen LogP contribution in [0, 0.1) is 5.92 Å². The minimum Gasteiger partial charge on any atom is -0.308 e. The van der Waals surface area contributed by atoms with Gasteiger partial charge in [0.15, 0.2) is 0 Å². The van der Waals surface area contributed by atoms with E-state index in [1.807, 2.05) is 0 Å². The lowest BCUT2D eigenvalue weighted by Gasteiger charge is -2.14. The minimum absolute atomic E-state index is 0.246. The van der Waals surface area contributed by atoms with Gasteiger partial charge in [-0.2, -0.15) is 0 Å². The van der Waals surface area contributed by atoms with Crippen LogP contribution in [0.2, 0.25) is 0 Å².